The normalized spacial score (nSPS) is 14.0. The molecule has 122 valence electrons. The summed E-state index contributed by atoms with van der Waals surface area (Å²) in [5.74, 6) is 0.670. The van der Waals surface area contributed by atoms with E-state index in [1.54, 1.807) is 17.4 Å². The lowest BCUT2D eigenvalue weighted by molar-refractivity contribution is -0.684. The molecule has 1 aromatic carbocycles. The third-order valence-electron chi connectivity index (χ3n) is 4.02. The molecule has 0 fully saturated rings. The minimum atomic E-state index is 0.0297. The van der Waals surface area contributed by atoms with E-state index in [0.29, 0.717) is 24.3 Å². The van der Waals surface area contributed by atoms with Crippen LogP contribution < -0.4 is 9.45 Å². The van der Waals surface area contributed by atoms with Gasteiger partial charge in [-0.15, -0.1) is 0 Å². The molecule has 1 N–H and O–H groups in total. The Morgan fingerprint density at radius 2 is 2.30 bits per heavy atom. The van der Waals surface area contributed by atoms with E-state index in [1.807, 2.05) is 29.1 Å². The molecular formula is C17H20NO4S+. The van der Waals surface area contributed by atoms with E-state index in [9.17, 15) is 4.79 Å². The van der Waals surface area contributed by atoms with Crippen molar-refractivity contribution in [2.24, 2.45) is 0 Å². The van der Waals surface area contributed by atoms with Gasteiger partial charge in [-0.1, -0.05) is 23.5 Å². The Labute approximate surface area is 139 Å². The van der Waals surface area contributed by atoms with Crippen molar-refractivity contribution in [3.8, 4) is 5.75 Å². The van der Waals surface area contributed by atoms with Crippen LogP contribution in [0.25, 0.3) is 0 Å². The molecule has 1 aromatic heterocycles. The Hall–Kier alpha value is -1.76. The maximum absolute atomic E-state index is 12.5. The summed E-state index contributed by atoms with van der Waals surface area (Å²) in [6.07, 6.45) is 2.44. The van der Waals surface area contributed by atoms with Gasteiger partial charge in [0.2, 0.25) is 17.8 Å². The lowest BCUT2D eigenvalue weighted by Crippen LogP contribution is -2.38. The van der Waals surface area contributed by atoms with Crippen molar-refractivity contribution < 1.29 is 24.2 Å². The molecule has 2 aromatic rings. The highest BCUT2D eigenvalue weighted by Gasteiger charge is 2.21. The van der Waals surface area contributed by atoms with Gasteiger partial charge in [0.15, 0.2) is 11.4 Å². The highest BCUT2D eigenvalue weighted by atomic mass is 32.1. The second-order valence-corrected chi connectivity index (χ2v) is 6.53. The van der Waals surface area contributed by atoms with E-state index in [-0.39, 0.29) is 18.9 Å². The van der Waals surface area contributed by atoms with Crippen LogP contribution in [0.15, 0.2) is 23.7 Å². The van der Waals surface area contributed by atoms with Crippen LogP contribution in [0.3, 0.4) is 0 Å². The van der Waals surface area contributed by atoms with Crippen LogP contribution in [0.1, 0.15) is 32.9 Å². The molecule has 1 aliphatic rings. The Morgan fingerprint density at radius 3 is 3.13 bits per heavy atom. The lowest BCUT2D eigenvalue weighted by Gasteiger charge is -2.06. The van der Waals surface area contributed by atoms with Gasteiger partial charge in [0.25, 0.3) is 0 Å². The zero-order valence-corrected chi connectivity index (χ0v) is 13.9. The summed E-state index contributed by atoms with van der Waals surface area (Å²) in [7, 11) is 0. The van der Waals surface area contributed by atoms with Gasteiger partial charge < -0.3 is 9.99 Å². The maximum atomic E-state index is 12.5. The van der Waals surface area contributed by atoms with Gasteiger partial charge in [0, 0.05) is 25.5 Å². The van der Waals surface area contributed by atoms with E-state index < -0.39 is 0 Å². The minimum absolute atomic E-state index is 0.0297. The second-order valence-electron chi connectivity index (χ2n) is 5.59. The van der Waals surface area contributed by atoms with Crippen molar-refractivity contribution in [2.45, 2.75) is 32.7 Å². The fourth-order valence-electron chi connectivity index (χ4n) is 2.63. The SMILES string of the molecule is Cc1c(CCO)sc[n+]1CC(=O)c1ccc2c(c1)OOCCC2. The molecule has 23 heavy (non-hydrogen) atoms. The highest BCUT2D eigenvalue weighted by Crippen LogP contribution is 2.25. The van der Waals surface area contributed by atoms with Crippen molar-refractivity contribution in [3.05, 3.63) is 45.4 Å². The number of nitrogens with zero attached hydrogens (tertiary/aromatic N) is 1. The maximum Gasteiger partial charge on any atom is 0.227 e. The summed E-state index contributed by atoms with van der Waals surface area (Å²) >= 11 is 1.57. The van der Waals surface area contributed by atoms with E-state index in [0.717, 1.165) is 29.0 Å². The number of ketones is 1. The third-order valence-corrected chi connectivity index (χ3v) is 5.16. The number of carbonyl (C=O) groups excluding carboxylic acids is 1. The predicted molar refractivity (Wildman–Crippen MR) is 85.7 cm³/mol. The van der Waals surface area contributed by atoms with Crippen molar-refractivity contribution in [3.63, 3.8) is 0 Å². The fourth-order valence-corrected chi connectivity index (χ4v) is 3.62. The third kappa shape index (κ3) is 3.60. The first-order valence-corrected chi connectivity index (χ1v) is 8.60. The van der Waals surface area contributed by atoms with E-state index in [1.165, 1.54) is 0 Å². The smallest absolute Gasteiger partial charge is 0.227 e. The molecule has 0 aliphatic carbocycles. The monoisotopic (exact) mass is 334 g/mol. The molecule has 1 aliphatic heterocycles. The first kappa shape index (κ1) is 16.1. The molecule has 5 nitrogen and oxygen atoms in total. The number of aryl methyl sites for hydroxylation is 1. The minimum Gasteiger partial charge on any atom is -0.396 e. The van der Waals surface area contributed by atoms with Crippen LogP contribution in [0, 0.1) is 6.92 Å². The van der Waals surface area contributed by atoms with Crippen LogP contribution in [-0.2, 0) is 24.3 Å². The first-order chi connectivity index (χ1) is 11.2. The molecule has 0 amide bonds. The number of benzene rings is 1. The van der Waals surface area contributed by atoms with E-state index >= 15 is 0 Å². The fraction of sp³-hybridized carbons (Fsp3) is 0.412. The van der Waals surface area contributed by atoms with Gasteiger partial charge in [-0.25, -0.2) is 0 Å². The molecular weight excluding hydrogens is 314 g/mol. The number of rotatable bonds is 5. The summed E-state index contributed by atoms with van der Waals surface area (Å²) < 4.78 is 1.93. The number of fused-ring (bicyclic) bond motifs is 1. The molecule has 0 spiro atoms. The zero-order chi connectivity index (χ0) is 16.2. The summed E-state index contributed by atoms with van der Waals surface area (Å²) in [4.78, 5) is 24.0. The Morgan fingerprint density at radius 1 is 1.43 bits per heavy atom. The molecule has 0 radical (unpaired) electrons. The summed E-state index contributed by atoms with van der Waals surface area (Å²) in [6, 6.07) is 5.56. The van der Waals surface area contributed by atoms with Gasteiger partial charge in [-0.3, -0.25) is 4.79 Å². The van der Waals surface area contributed by atoms with Gasteiger partial charge in [-0.05, 0) is 24.5 Å². The second kappa shape index (κ2) is 7.21. The summed E-state index contributed by atoms with van der Waals surface area (Å²) in [6.45, 7) is 2.95. The molecule has 6 heteroatoms. The molecule has 0 atom stereocenters. The summed E-state index contributed by atoms with van der Waals surface area (Å²) in [5.41, 5.74) is 4.66. The molecule has 2 heterocycles. The predicted octanol–water partition coefficient (Wildman–Crippen LogP) is 2.02. The van der Waals surface area contributed by atoms with E-state index in [4.69, 9.17) is 14.9 Å². The zero-order valence-electron chi connectivity index (χ0n) is 13.1. The topological polar surface area (TPSA) is 59.6 Å². The van der Waals surface area contributed by atoms with Crippen LogP contribution in [-0.4, -0.2) is 24.1 Å². The number of aliphatic hydroxyl groups excluding tert-OH is 1. The van der Waals surface area contributed by atoms with Crippen LogP contribution in [0.2, 0.25) is 0 Å². The number of aliphatic hydroxyl groups is 1. The Balaban J connectivity index is 1.77. The quantitative estimate of drug-likeness (QED) is 0.516. The van der Waals surface area contributed by atoms with Crippen LogP contribution >= 0.6 is 11.3 Å². The van der Waals surface area contributed by atoms with Crippen molar-refractivity contribution in [1.29, 1.82) is 0 Å². The van der Waals surface area contributed by atoms with Crippen molar-refractivity contribution >= 4 is 17.1 Å². The average molecular weight is 334 g/mol. The number of carbonyl (C=O) groups is 1. The Kier molecular flexibility index (Phi) is 5.05. The van der Waals surface area contributed by atoms with Crippen LogP contribution in [0.4, 0.5) is 0 Å². The molecule has 3 rings (SSSR count). The number of hydrogen-bond donors (Lipinski definition) is 1. The molecule has 0 bridgehead atoms. The van der Waals surface area contributed by atoms with Gasteiger partial charge in [0.1, 0.15) is 0 Å². The summed E-state index contributed by atoms with van der Waals surface area (Å²) in [5, 5.41) is 9.05. The average Bonchev–Trinajstić information content (AvgIpc) is 2.78. The van der Waals surface area contributed by atoms with Gasteiger partial charge in [0.05, 0.1) is 11.5 Å². The van der Waals surface area contributed by atoms with Gasteiger partial charge in [-0.2, -0.15) is 9.45 Å². The standard InChI is InChI=1S/C17H20NO4S/c1-12-17(6-7-19)23-11-18(12)10-15(20)14-5-4-13-3-2-8-21-22-16(13)9-14/h4-5,9,11,19H,2-3,6-8,10H2,1H3/q+1. The number of aromatic nitrogens is 1. The number of hydrogen-bond acceptors (Lipinski definition) is 5. The van der Waals surface area contributed by atoms with E-state index in [2.05, 4.69) is 0 Å². The molecule has 0 unspecified atom stereocenters. The first-order valence-electron chi connectivity index (χ1n) is 7.72. The van der Waals surface area contributed by atoms with Crippen LogP contribution in [0.5, 0.6) is 5.75 Å². The highest BCUT2D eigenvalue weighted by molar-refractivity contribution is 7.09. The lowest BCUT2D eigenvalue weighted by atomic mass is 10.0. The number of Topliss-reactive ketones (excluding diaryl/α,β-unsaturated/α-hetero) is 1. The largest absolute Gasteiger partial charge is 0.396 e. The van der Waals surface area contributed by atoms with Crippen molar-refractivity contribution in [2.75, 3.05) is 13.2 Å². The number of thiazole rings is 1. The Bertz CT molecular complexity index is 711. The van der Waals surface area contributed by atoms with Crippen molar-refractivity contribution in [1.82, 2.24) is 0 Å². The van der Waals surface area contributed by atoms with Gasteiger partial charge >= 0.3 is 0 Å². The molecule has 0 saturated carbocycles. The molecule has 0 saturated heterocycles.